The van der Waals surface area contributed by atoms with Crippen molar-refractivity contribution in [1.82, 2.24) is 10.6 Å². The van der Waals surface area contributed by atoms with E-state index in [-0.39, 0.29) is 24.3 Å². The van der Waals surface area contributed by atoms with Crippen LogP contribution < -0.4 is 16.4 Å². The number of benzene rings is 1. The van der Waals surface area contributed by atoms with Crippen LogP contribution in [0.1, 0.15) is 28.4 Å². The molecule has 6 heteroatoms. The molecular weight excluding hydrogens is 220 g/mol. The first-order valence-electron chi connectivity index (χ1n) is 5.11. The number of carbonyl (C=O) groups excluding carboxylic acids is 2. The van der Waals surface area contributed by atoms with E-state index in [0.29, 0.717) is 5.56 Å². The molecule has 1 unspecified atom stereocenters. The van der Waals surface area contributed by atoms with Crippen LogP contribution in [-0.2, 0) is 4.79 Å². The monoisotopic (exact) mass is 232 g/mol. The van der Waals surface area contributed by atoms with Crippen LogP contribution in [0.5, 0.6) is 0 Å². The van der Waals surface area contributed by atoms with Gasteiger partial charge < -0.3 is 11.1 Å². The first-order chi connectivity index (χ1) is 8.08. The Hall–Kier alpha value is -2.37. The van der Waals surface area contributed by atoms with E-state index < -0.39 is 5.96 Å². The van der Waals surface area contributed by atoms with Crippen LogP contribution in [0.2, 0.25) is 0 Å². The highest BCUT2D eigenvalue weighted by Gasteiger charge is 2.29. The number of carbonyl (C=O) groups is 2. The van der Waals surface area contributed by atoms with E-state index in [1.807, 2.05) is 6.07 Å². The molecule has 1 atom stereocenters. The summed E-state index contributed by atoms with van der Waals surface area (Å²) in [5.41, 5.74) is 6.45. The third-order valence-electron chi connectivity index (χ3n) is 2.55. The highest BCUT2D eigenvalue weighted by molar-refractivity contribution is 6.00. The van der Waals surface area contributed by atoms with Gasteiger partial charge in [0, 0.05) is 5.56 Å². The van der Waals surface area contributed by atoms with Gasteiger partial charge in [0.25, 0.3) is 5.91 Å². The fraction of sp³-hybridized carbons (Fsp3) is 0.182. The topological polar surface area (TPSA) is 108 Å². The van der Waals surface area contributed by atoms with Crippen LogP contribution in [0, 0.1) is 5.41 Å². The average molecular weight is 232 g/mol. The van der Waals surface area contributed by atoms with E-state index >= 15 is 0 Å². The van der Waals surface area contributed by atoms with Crippen molar-refractivity contribution >= 4 is 17.8 Å². The van der Waals surface area contributed by atoms with E-state index in [1.54, 1.807) is 18.2 Å². The molecule has 1 aromatic carbocycles. The van der Waals surface area contributed by atoms with Crippen LogP contribution in [-0.4, -0.2) is 17.8 Å². The first kappa shape index (κ1) is 11.1. The van der Waals surface area contributed by atoms with Gasteiger partial charge >= 0.3 is 0 Å². The van der Waals surface area contributed by atoms with Crippen LogP contribution in [0.25, 0.3) is 0 Å². The normalized spacial score (nSPS) is 17.2. The van der Waals surface area contributed by atoms with Crippen molar-refractivity contribution in [3.63, 3.8) is 0 Å². The summed E-state index contributed by atoms with van der Waals surface area (Å²) in [6.45, 7) is 0. The molecule has 2 rings (SSSR count). The quantitative estimate of drug-likeness (QED) is 0.421. The minimum Gasteiger partial charge on any atom is -0.370 e. The lowest BCUT2D eigenvalue weighted by atomic mass is 10.0. The molecule has 0 radical (unpaired) electrons. The summed E-state index contributed by atoms with van der Waals surface area (Å²) in [4.78, 5) is 23.0. The molecule has 1 heterocycles. The number of hydrogen-bond donors (Lipinski definition) is 4. The summed E-state index contributed by atoms with van der Waals surface area (Å²) in [5.74, 6) is -0.965. The summed E-state index contributed by atoms with van der Waals surface area (Å²) < 4.78 is 0. The van der Waals surface area contributed by atoms with Crippen molar-refractivity contribution in [1.29, 1.82) is 5.41 Å². The fourth-order valence-corrected chi connectivity index (χ4v) is 1.87. The van der Waals surface area contributed by atoms with Crippen LogP contribution >= 0.6 is 0 Å². The molecule has 17 heavy (non-hydrogen) atoms. The molecule has 0 spiro atoms. The van der Waals surface area contributed by atoms with Crippen molar-refractivity contribution in [3.8, 4) is 0 Å². The smallest absolute Gasteiger partial charge is 0.252 e. The molecule has 0 aliphatic carbocycles. The Kier molecular flexibility index (Phi) is 2.78. The van der Waals surface area contributed by atoms with Crippen molar-refractivity contribution in [2.45, 2.75) is 12.5 Å². The van der Waals surface area contributed by atoms with E-state index in [2.05, 4.69) is 10.6 Å². The number of guanidine groups is 1. The van der Waals surface area contributed by atoms with E-state index in [4.69, 9.17) is 11.1 Å². The molecule has 0 bridgehead atoms. The predicted octanol–water partition coefficient (Wildman–Crippen LogP) is -0.129. The second kappa shape index (κ2) is 4.25. The third-order valence-corrected chi connectivity index (χ3v) is 2.55. The minimum atomic E-state index is -0.396. The van der Waals surface area contributed by atoms with Crippen LogP contribution in [0.4, 0.5) is 0 Å². The minimum absolute atomic E-state index is 0.0718. The van der Waals surface area contributed by atoms with Gasteiger partial charge in [0.1, 0.15) is 0 Å². The second-order valence-corrected chi connectivity index (χ2v) is 3.78. The molecule has 5 N–H and O–H groups in total. The molecule has 2 amide bonds. The molecule has 1 aliphatic rings. The molecule has 88 valence electrons. The van der Waals surface area contributed by atoms with Gasteiger partial charge in [-0.15, -0.1) is 0 Å². The van der Waals surface area contributed by atoms with Gasteiger partial charge in [0.15, 0.2) is 5.96 Å². The third kappa shape index (κ3) is 2.25. The number of fused-ring (bicyclic) bond motifs is 1. The zero-order valence-electron chi connectivity index (χ0n) is 8.99. The Bertz CT molecular complexity index is 498. The summed E-state index contributed by atoms with van der Waals surface area (Å²) in [6, 6.07) is 6.76. The largest absolute Gasteiger partial charge is 0.370 e. The van der Waals surface area contributed by atoms with Crippen molar-refractivity contribution in [2.75, 3.05) is 0 Å². The molecule has 0 fully saturated rings. The van der Waals surface area contributed by atoms with Crippen LogP contribution in [0.3, 0.4) is 0 Å². The number of rotatable bonds is 2. The van der Waals surface area contributed by atoms with Crippen molar-refractivity contribution in [3.05, 3.63) is 35.4 Å². The average Bonchev–Trinajstić information content (AvgIpc) is 2.55. The SMILES string of the molecule is N=C(N)NC(=O)CC1NC(=O)c2ccccc21. The maximum Gasteiger partial charge on any atom is 0.252 e. The van der Waals surface area contributed by atoms with E-state index in [0.717, 1.165) is 5.56 Å². The standard InChI is InChI=1S/C11H12N4O2/c12-11(13)15-9(16)5-8-6-3-1-2-4-7(6)10(17)14-8/h1-4,8H,5H2,(H,14,17)(H4,12,13,15,16). The maximum atomic E-state index is 11.6. The van der Waals surface area contributed by atoms with Gasteiger partial charge in [-0.05, 0) is 11.6 Å². The number of hydrogen-bond acceptors (Lipinski definition) is 3. The lowest BCUT2D eigenvalue weighted by Crippen LogP contribution is -2.37. The Morgan fingerprint density at radius 2 is 2.18 bits per heavy atom. The van der Waals surface area contributed by atoms with Crippen LogP contribution in [0.15, 0.2) is 24.3 Å². The molecule has 0 saturated carbocycles. The Labute approximate surface area is 97.7 Å². The summed E-state index contributed by atoms with van der Waals surface area (Å²) in [5, 5.41) is 11.8. The highest BCUT2D eigenvalue weighted by atomic mass is 16.2. The summed E-state index contributed by atoms with van der Waals surface area (Å²) >= 11 is 0. The van der Waals surface area contributed by atoms with Crippen molar-refractivity contribution < 1.29 is 9.59 Å². The Balaban J connectivity index is 2.13. The molecule has 1 aromatic rings. The Morgan fingerprint density at radius 1 is 1.47 bits per heavy atom. The van der Waals surface area contributed by atoms with Crippen molar-refractivity contribution in [2.24, 2.45) is 5.73 Å². The zero-order chi connectivity index (χ0) is 12.4. The highest BCUT2D eigenvalue weighted by Crippen LogP contribution is 2.27. The second-order valence-electron chi connectivity index (χ2n) is 3.78. The fourth-order valence-electron chi connectivity index (χ4n) is 1.87. The maximum absolute atomic E-state index is 11.6. The van der Waals surface area contributed by atoms with Gasteiger partial charge in [-0.25, -0.2) is 0 Å². The Morgan fingerprint density at radius 3 is 2.88 bits per heavy atom. The zero-order valence-corrected chi connectivity index (χ0v) is 8.99. The van der Waals surface area contributed by atoms with Gasteiger partial charge in [0.05, 0.1) is 12.5 Å². The van der Waals surface area contributed by atoms with Gasteiger partial charge in [0.2, 0.25) is 5.91 Å². The number of nitrogens with two attached hydrogens (primary N) is 1. The number of amides is 2. The first-order valence-corrected chi connectivity index (χ1v) is 5.11. The lowest BCUT2D eigenvalue weighted by Gasteiger charge is -2.10. The van der Waals surface area contributed by atoms with E-state index in [9.17, 15) is 9.59 Å². The van der Waals surface area contributed by atoms with E-state index in [1.165, 1.54) is 0 Å². The molecule has 0 saturated heterocycles. The summed E-state index contributed by atoms with van der Waals surface area (Å²) in [6.07, 6.45) is 0.0718. The molecule has 0 aromatic heterocycles. The molecule has 1 aliphatic heterocycles. The van der Waals surface area contributed by atoms with Gasteiger partial charge in [-0.3, -0.25) is 20.3 Å². The van der Waals surface area contributed by atoms with Gasteiger partial charge in [-0.1, -0.05) is 18.2 Å². The number of nitrogens with one attached hydrogen (secondary N) is 3. The van der Waals surface area contributed by atoms with Gasteiger partial charge in [-0.2, -0.15) is 0 Å². The summed E-state index contributed by atoms with van der Waals surface area (Å²) in [7, 11) is 0. The molecule has 6 nitrogen and oxygen atoms in total. The lowest BCUT2D eigenvalue weighted by molar-refractivity contribution is -0.120. The molecular formula is C11H12N4O2. The predicted molar refractivity (Wildman–Crippen MR) is 61.3 cm³/mol.